The number of carbonyl (C=O) groups is 3. The molecule has 3 aliphatic rings. The molecule has 32 heavy (non-hydrogen) atoms. The minimum Gasteiger partial charge on any atom is -0.396 e. The predicted octanol–water partition coefficient (Wildman–Crippen LogP) is 2.52. The second kappa shape index (κ2) is 9.23. The molecule has 3 aliphatic heterocycles. The fourth-order valence-electron chi connectivity index (χ4n) is 5.84. The molecular weight excluding hydrogens is 450 g/mol. The Morgan fingerprint density at radius 1 is 1.22 bits per heavy atom. The fourth-order valence-corrected chi connectivity index (χ4v) is 8.39. The zero-order valence-electron chi connectivity index (χ0n) is 18.3. The third-order valence-corrected chi connectivity index (χ3v) is 9.54. The summed E-state index contributed by atoms with van der Waals surface area (Å²) in [5, 5.41) is 15.5. The highest BCUT2D eigenvalue weighted by Gasteiger charge is 2.75. The maximum absolute atomic E-state index is 13.7. The van der Waals surface area contributed by atoms with Crippen LogP contribution in [-0.2, 0) is 14.4 Å². The highest BCUT2D eigenvalue weighted by Crippen LogP contribution is 2.68. The molecule has 4 rings (SSSR count). The summed E-state index contributed by atoms with van der Waals surface area (Å²) in [6.07, 6.45) is 2.95. The summed E-state index contributed by atoms with van der Waals surface area (Å²) < 4.78 is -0.619. The van der Waals surface area contributed by atoms with E-state index in [0.717, 1.165) is 12.8 Å². The van der Waals surface area contributed by atoms with Gasteiger partial charge in [-0.05, 0) is 55.9 Å². The first-order chi connectivity index (χ1) is 15.3. The topological polar surface area (TPSA) is 98.7 Å². The van der Waals surface area contributed by atoms with E-state index in [0.29, 0.717) is 30.1 Å². The second-order valence-electron chi connectivity index (χ2n) is 8.98. The molecule has 3 fully saturated rings. The fraction of sp³-hybridized carbons (Fsp3) is 0.609. The predicted molar refractivity (Wildman–Crippen MR) is 125 cm³/mol. The number of carbonyl (C=O) groups excluding carboxylic acids is 3. The van der Waals surface area contributed by atoms with Gasteiger partial charge in [0.05, 0.1) is 16.6 Å². The van der Waals surface area contributed by atoms with Crippen molar-refractivity contribution >= 4 is 46.8 Å². The molecule has 6 atom stereocenters. The number of halogens is 1. The third-order valence-electron chi connectivity index (χ3n) is 7.21. The maximum atomic E-state index is 13.7. The van der Waals surface area contributed by atoms with Gasteiger partial charge in [-0.1, -0.05) is 18.5 Å². The van der Waals surface area contributed by atoms with Crippen LogP contribution in [0.4, 0.5) is 5.69 Å². The van der Waals surface area contributed by atoms with E-state index >= 15 is 0 Å². The standard InChI is InChI=1S/C23H30ClN3O4S/c1-13-12-16-17(20(29)25-2)18-22(31)27(10-4-3-5-11-28)19(23(13,18)32-16)21(30)26-15-8-6-14(24)7-9-15/h6-9,13,16-19,28H,3-5,10-12H2,1-2H3,(H,25,29)(H,26,30)/t13?,16-,17+,18+,19?,23?/m1/s1. The normalized spacial score (nSPS) is 32.8. The number of aliphatic hydroxyl groups excluding tert-OH is 1. The number of hydrogen-bond donors (Lipinski definition) is 3. The van der Waals surface area contributed by atoms with Crippen LogP contribution in [-0.4, -0.2) is 64.0 Å². The van der Waals surface area contributed by atoms with Crippen molar-refractivity contribution in [3.8, 4) is 0 Å². The number of fused-ring (bicyclic) bond motifs is 1. The van der Waals surface area contributed by atoms with Crippen LogP contribution >= 0.6 is 23.4 Å². The minimum atomic E-state index is -0.649. The van der Waals surface area contributed by atoms with Gasteiger partial charge in [-0.15, -0.1) is 11.8 Å². The largest absolute Gasteiger partial charge is 0.396 e. The lowest BCUT2D eigenvalue weighted by molar-refractivity contribution is -0.139. The SMILES string of the molecule is CNC(=O)[C@@H]1[C@H]2C(=O)N(CCCCCO)C(C(=O)Nc3ccc(Cl)cc3)C23S[C@@H]1CC3C. The van der Waals surface area contributed by atoms with E-state index in [4.69, 9.17) is 16.7 Å². The lowest BCUT2D eigenvalue weighted by atomic mass is 9.66. The van der Waals surface area contributed by atoms with Gasteiger partial charge in [0.1, 0.15) is 6.04 Å². The smallest absolute Gasteiger partial charge is 0.248 e. The van der Waals surface area contributed by atoms with Crippen LogP contribution in [0.5, 0.6) is 0 Å². The van der Waals surface area contributed by atoms with Gasteiger partial charge in [0.15, 0.2) is 0 Å². The van der Waals surface area contributed by atoms with Crippen LogP contribution in [0.15, 0.2) is 24.3 Å². The van der Waals surface area contributed by atoms with Crippen molar-refractivity contribution in [2.75, 3.05) is 25.5 Å². The van der Waals surface area contributed by atoms with Crippen LogP contribution in [0, 0.1) is 17.8 Å². The van der Waals surface area contributed by atoms with Crippen LogP contribution in [0.1, 0.15) is 32.6 Å². The zero-order chi connectivity index (χ0) is 23.0. The lowest BCUT2D eigenvalue weighted by Gasteiger charge is -2.38. The maximum Gasteiger partial charge on any atom is 0.248 e. The Morgan fingerprint density at radius 2 is 1.94 bits per heavy atom. The van der Waals surface area contributed by atoms with Gasteiger partial charge in [-0.3, -0.25) is 14.4 Å². The van der Waals surface area contributed by atoms with Gasteiger partial charge < -0.3 is 20.6 Å². The van der Waals surface area contributed by atoms with Crippen molar-refractivity contribution in [2.45, 2.75) is 48.6 Å². The van der Waals surface area contributed by atoms with Crippen molar-refractivity contribution < 1.29 is 19.5 Å². The first-order valence-corrected chi connectivity index (χ1v) is 12.5. The van der Waals surface area contributed by atoms with Gasteiger partial charge in [-0.2, -0.15) is 0 Å². The molecule has 1 spiro atoms. The van der Waals surface area contributed by atoms with E-state index in [-0.39, 0.29) is 35.5 Å². The first kappa shape index (κ1) is 23.4. The van der Waals surface area contributed by atoms with Gasteiger partial charge >= 0.3 is 0 Å². The Kier molecular flexibility index (Phi) is 6.75. The molecule has 0 aromatic heterocycles. The molecule has 1 aromatic rings. The molecule has 174 valence electrons. The molecule has 0 aliphatic carbocycles. The molecule has 3 unspecified atom stereocenters. The number of unbranched alkanes of at least 4 members (excludes halogenated alkanes) is 2. The van der Waals surface area contributed by atoms with Crippen molar-refractivity contribution in [3.63, 3.8) is 0 Å². The summed E-state index contributed by atoms with van der Waals surface area (Å²) in [5.74, 6) is -1.21. The van der Waals surface area contributed by atoms with Crippen LogP contribution < -0.4 is 10.6 Å². The van der Waals surface area contributed by atoms with Gasteiger partial charge in [-0.25, -0.2) is 0 Å². The monoisotopic (exact) mass is 479 g/mol. The summed E-state index contributed by atoms with van der Waals surface area (Å²) in [6, 6.07) is 6.27. The number of rotatable bonds is 8. The number of amides is 3. The van der Waals surface area contributed by atoms with E-state index in [9.17, 15) is 14.4 Å². The average molecular weight is 480 g/mol. The molecule has 9 heteroatoms. The summed E-state index contributed by atoms with van der Waals surface area (Å²) in [7, 11) is 1.60. The van der Waals surface area contributed by atoms with E-state index in [2.05, 4.69) is 17.6 Å². The van der Waals surface area contributed by atoms with Crippen molar-refractivity contribution in [1.29, 1.82) is 0 Å². The van der Waals surface area contributed by atoms with E-state index in [1.165, 1.54) is 0 Å². The van der Waals surface area contributed by atoms with E-state index < -0.39 is 22.6 Å². The molecule has 2 bridgehead atoms. The van der Waals surface area contributed by atoms with Gasteiger partial charge in [0, 0.05) is 36.2 Å². The average Bonchev–Trinajstić information content (AvgIpc) is 3.36. The van der Waals surface area contributed by atoms with E-state index in [1.54, 1.807) is 48.0 Å². The van der Waals surface area contributed by atoms with Crippen molar-refractivity contribution in [2.24, 2.45) is 17.8 Å². The minimum absolute atomic E-state index is 0.0428. The number of anilines is 1. The number of likely N-dealkylation sites (tertiary alicyclic amines) is 1. The quantitative estimate of drug-likeness (QED) is 0.498. The Labute approximate surface area is 197 Å². The number of nitrogens with zero attached hydrogens (tertiary/aromatic N) is 1. The van der Waals surface area contributed by atoms with Crippen molar-refractivity contribution in [1.82, 2.24) is 10.2 Å². The lowest BCUT2D eigenvalue weighted by Crippen LogP contribution is -2.55. The van der Waals surface area contributed by atoms with Crippen LogP contribution in [0.2, 0.25) is 5.02 Å². The first-order valence-electron chi connectivity index (χ1n) is 11.2. The van der Waals surface area contributed by atoms with Gasteiger partial charge in [0.25, 0.3) is 0 Å². The molecular formula is C23H30ClN3O4S. The van der Waals surface area contributed by atoms with Crippen molar-refractivity contribution in [3.05, 3.63) is 29.3 Å². The summed E-state index contributed by atoms with van der Waals surface area (Å²) in [5.41, 5.74) is 0.625. The zero-order valence-corrected chi connectivity index (χ0v) is 19.9. The molecule has 3 amide bonds. The second-order valence-corrected chi connectivity index (χ2v) is 11.0. The Morgan fingerprint density at radius 3 is 2.59 bits per heavy atom. The highest BCUT2D eigenvalue weighted by atomic mass is 35.5. The number of benzene rings is 1. The number of hydrogen-bond acceptors (Lipinski definition) is 5. The van der Waals surface area contributed by atoms with E-state index in [1.807, 2.05) is 0 Å². The summed E-state index contributed by atoms with van der Waals surface area (Å²) in [4.78, 5) is 41.8. The molecule has 7 nitrogen and oxygen atoms in total. The Hall–Kier alpha value is -1.77. The number of aliphatic hydroxyl groups is 1. The van der Waals surface area contributed by atoms with Crippen LogP contribution in [0.3, 0.4) is 0 Å². The number of thioether (sulfide) groups is 1. The number of nitrogens with one attached hydrogen (secondary N) is 2. The molecule has 0 radical (unpaired) electrons. The van der Waals surface area contributed by atoms with Crippen LogP contribution in [0.25, 0.3) is 0 Å². The highest BCUT2D eigenvalue weighted by molar-refractivity contribution is 8.02. The molecule has 3 heterocycles. The van der Waals surface area contributed by atoms with Gasteiger partial charge in [0.2, 0.25) is 17.7 Å². The molecule has 1 aromatic carbocycles. The Bertz CT molecular complexity index is 898. The third kappa shape index (κ3) is 3.70. The molecule has 0 saturated carbocycles. The summed E-state index contributed by atoms with van der Waals surface area (Å²) >= 11 is 7.64. The summed E-state index contributed by atoms with van der Waals surface area (Å²) in [6.45, 7) is 2.65. The molecule has 3 saturated heterocycles. The molecule has 3 N–H and O–H groups in total. The Balaban J connectivity index is 1.68.